The number of nitrogens with one attached hydrogen (secondary N) is 1. The summed E-state index contributed by atoms with van der Waals surface area (Å²) in [4.78, 5) is 15.7. The average molecular weight is 364 g/mol. The zero-order chi connectivity index (χ0) is 14.0. The first-order valence-electron chi connectivity index (χ1n) is 5.05. The Kier molecular flexibility index (Phi) is 4.39. The second-order valence-electron chi connectivity index (χ2n) is 3.57. The van der Waals surface area contributed by atoms with Crippen LogP contribution in [0.1, 0.15) is 10.4 Å². The molecule has 2 aromatic rings. The van der Waals surface area contributed by atoms with E-state index >= 15 is 0 Å². The number of carbonyl (C=O) groups excluding carboxylic acids is 1. The summed E-state index contributed by atoms with van der Waals surface area (Å²) in [5.41, 5.74) is 0.297. The number of halogens is 4. The standard InChI is InChI=1S/C12H6BrCl2FN2O/c13-9-4-7(5-17-11(9)15)18-12(19)8-2-1-6(14)3-10(8)16/h1-5H,(H,18,19). The van der Waals surface area contributed by atoms with Crippen LogP contribution in [0.2, 0.25) is 10.2 Å². The van der Waals surface area contributed by atoms with Crippen molar-refractivity contribution in [3.05, 3.63) is 56.5 Å². The number of nitrogens with zero attached hydrogens (tertiary/aromatic N) is 1. The third-order valence-electron chi connectivity index (χ3n) is 2.23. The number of pyridine rings is 1. The van der Waals surface area contributed by atoms with E-state index in [4.69, 9.17) is 23.2 Å². The van der Waals surface area contributed by atoms with E-state index in [0.29, 0.717) is 10.2 Å². The molecule has 2 rings (SSSR count). The maximum atomic E-state index is 13.6. The van der Waals surface area contributed by atoms with Crippen LogP contribution >= 0.6 is 39.1 Å². The second kappa shape index (κ2) is 5.86. The van der Waals surface area contributed by atoms with Crippen LogP contribution in [0, 0.1) is 5.82 Å². The summed E-state index contributed by atoms with van der Waals surface area (Å²) in [7, 11) is 0. The largest absolute Gasteiger partial charge is 0.320 e. The van der Waals surface area contributed by atoms with Gasteiger partial charge in [-0.2, -0.15) is 0 Å². The highest BCUT2D eigenvalue weighted by Gasteiger charge is 2.13. The first kappa shape index (κ1) is 14.2. The molecule has 0 aliphatic carbocycles. The van der Waals surface area contributed by atoms with Gasteiger partial charge in [-0.1, -0.05) is 23.2 Å². The van der Waals surface area contributed by atoms with Gasteiger partial charge in [0.15, 0.2) is 0 Å². The zero-order valence-corrected chi connectivity index (χ0v) is 12.4. The molecule has 1 heterocycles. The van der Waals surface area contributed by atoms with Gasteiger partial charge in [0.05, 0.1) is 21.9 Å². The highest BCUT2D eigenvalue weighted by atomic mass is 79.9. The second-order valence-corrected chi connectivity index (χ2v) is 5.22. The molecule has 1 aromatic heterocycles. The molecule has 0 atom stereocenters. The fourth-order valence-electron chi connectivity index (χ4n) is 1.36. The third kappa shape index (κ3) is 3.43. The number of anilines is 1. The van der Waals surface area contributed by atoms with Crippen molar-refractivity contribution >= 4 is 50.7 Å². The quantitative estimate of drug-likeness (QED) is 0.795. The zero-order valence-electron chi connectivity index (χ0n) is 9.25. The lowest BCUT2D eigenvalue weighted by molar-refractivity contribution is 0.102. The van der Waals surface area contributed by atoms with E-state index in [9.17, 15) is 9.18 Å². The highest BCUT2D eigenvalue weighted by Crippen LogP contribution is 2.23. The molecule has 7 heteroatoms. The Morgan fingerprint density at radius 1 is 1.32 bits per heavy atom. The molecule has 0 saturated heterocycles. The molecule has 98 valence electrons. The van der Waals surface area contributed by atoms with E-state index in [-0.39, 0.29) is 15.7 Å². The van der Waals surface area contributed by atoms with E-state index < -0.39 is 11.7 Å². The molecule has 3 nitrogen and oxygen atoms in total. The summed E-state index contributed by atoms with van der Waals surface area (Å²) in [5.74, 6) is -1.28. The van der Waals surface area contributed by atoms with Crippen LogP contribution in [0.3, 0.4) is 0 Å². The maximum absolute atomic E-state index is 13.6. The lowest BCUT2D eigenvalue weighted by atomic mass is 10.2. The minimum atomic E-state index is -0.689. The molecule has 0 fully saturated rings. The van der Waals surface area contributed by atoms with E-state index in [2.05, 4.69) is 26.2 Å². The number of hydrogen-bond acceptors (Lipinski definition) is 2. The molecule has 0 bridgehead atoms. The lowest BCUT2D eigenvalue weighted by Crippen LogP contribution is -2.13. The molecule has 1 aromatic carbocycles. The predicted octanol–water partition coefficient (Wildman–Crippen LogP) is 4.54. The van der Waals surface area contributed by atoms with Crippen molar-refractivity contribution in [2.75, 3.05) is 5.32 Å². The summed E-state index contributed by atoms with van der Waals surface area (Å²) >= 11 is 14.5. The number of amides is 1. The highest BCUT2D eigenvalue weighted by molar-refractivity contribution is 9.10. The van der Waals surface area contributed by atoms with Gasteiger partial charge in [0.25, 0.3) is 5.91 Å². The number of rotatable bonds is 2. The monoisotopic (exact) mass is 362 g/mol. The van der Waals surface area contributed by atoms with E-state index in [1.807, 2.05) is 0 Å². The van der Waals surface area contributed by atoms with Gasteiger partial charge in [0.2, 0.25) is 0 Å². The molecule has 0 aliphatic rings. The lowest BCUT2D eigenvalue weighted by Gasteiger charge is -2.07. The van der Waals surface area contributed by atoms with Gasteiger partial charge in [-0.3, -0.25) is 4.79 Å². The van der Waals surface area contributed by atoms with Crippen molar-refractivity contribution < 1.29 is 9.18 Å². The van der Waals surface area contributed by atoms with Crippen molar-refractivity contribution in [2.45, 2.75) is 0 Å². The summed E-state index contributed by atoms with van der Waals surface area (Å²) in [6.45, 7) is 0. The van der Waals surface area contributed by atoms with Crippen LogP contribution in [0.25, 0.3) is 0 Å². The van der Waals surface area contributed by atoms with Gasteiger partial charge < -0.3 is 5.32 Å². The smallest absolute Gasteiger partial charge is 0.258 e. The van der Waals surface area contributed by atoms with Crippen LogP contribution in [0.15, 0.2) is 34.9 Å². The third-order valence-corrected chi connectivity index (χ3v) is 3.60. The Labute approximate surface area is 126 Å². The van der Waals surface area contributed by atoms with Crippen LogP contribution < -0.4 is 5.32 Å². The predicted molar refractivity (Wildman–Crippen MR) is 76.3 cm³/mol. The fourth-order valence-corrected chi connectivity index (χ4v) is 1.97. The molecular formula is C12H6BrCl2FN2O. The first-order chi connectivity index (χ1) is 8.97. The molecule has 1 N–H and O–H groups in total. The molecule has 0 saturated carbocycles. The Bertz CT molecular complexity index is 652. The maximum Gasteiger partial charge on any atom is 0.258 e. The number of aromatic nitrogens is 1. The topological polar surface area (TPSA) is 42.0 Å². The minimum Gasteiger partial charge on any atom is -0.320 e. The number of carbonyl (C=O) groups is 1. The van der Waals surface area contributed by atoms with E-state index in [1.54, 1.807) is 6.07 Å². The van der Waals surface area contributed by atoms with Gasteiger partial charge in [0, 0.05) is 5.02 Å². The van der Waals surface area contributed by atoms with Crippen molar-refractivity contribution in [1.29, 1.82) is 0 Å². The van der Waals surface area contributed by atoms with Crippen LogP contribution in [0.4, 0.5) is 10.1 Å². The van der Waals surface area contributed by atoms with Gasteiger partial charge in [-0.05, 0) is 40.2 Å². The summed E-state index contributed by atoms with van der Waals surface area (Å²) < 4.78 is 14.1. The molecule has 0 unspecified atom stereocenters. The van der Waals surface area contributed by atoms with Gasteiger partial charge in [-0.25, -0.2) is 9.37 Å². The average Bonchev–Trinajstić information content (AvgIpc) is 2.33. The Morgan fingerprint density at radius 3 is 2.68 bits per heavy atom. The van der Waals surface area contributed by atoms with E-state index in [1.165, 1.54) is 18.3 Å². The van der Waals surface area contributed by atoms with E-state index in [0.717, 1.165) is 6.07 Å². The SMILES string of the molecule is O=C(Nc1cnc(Cl)c(Br)c1)c1ccc(Cl)cc1F. The van der Waals surface area contributed by atoms with Crippen molar-refractivity contribution in [3.8, 4) is 0 Å². The Balaban J connectivity index is 2.23. The van der Waals surface area contributed by atoms with Crippen LogP contribution in [-0.2, 0) is 0 Å². The molecule has 0 radical (unpaired) electrons. The summed E-state index contributed by atoms with van der Waals surface area (Å²) in [5, 5.41) is 3.01. The normalized spacial score (nSPS) is 10.3. The number of hydrogen-bond donors (Lipinski definition) is 1. The molecule has 19 heavy (non-hydrogen) atoms. The van der Waals surface area contributed by atoms with Crippen LogP contribution in [-0.4, -0.2) is 10.9 Å². The molecule has 0 spiro atoms. The summed E-state index contributed by atoms with van der Waals surface area (Å²) in [6, 6.07) is 5.40. The van der Waals surface area contributed by atoms with Crippen molar-refractivity contribution in [2.24, 2.45) is 0 Å². The van der Waals surface area contributed by atoms with Crippen LogP contribution in [0.5, 0.6) is 0 Å². The Hall–Kier alpha value is -1.17. The van der Waals surface area contributed by atoms with Gasteiger partial charge in [-0.15, -0.1) is 0 Å². The fraction of sp³-hybridized carbons (Fsp3) is 0. The van der Waals surface area contributed by atoms with Gasteiger partial charge in [0.1, 0.15) is 11.0 Å². The summed E-state index contributed by atoms with van der Waals surface area (Å²) in [6.07, 6.45) is 1.37. The molecular weight excluding hydrogens is 358 g/mol. The van der Waals surface area contributed by atoms with Crippen molar-refractivity contribution in [3.63, 3.8) is 0 Å². The minimum absolute atomic E-state index is 0.101. The van der Waals surface area contributed by atoms with Crippen molar-refractivity contribution in [1.82, 2.24) is 4.98 Å². The first-order valence-corrected chi connectivity index (χ1v) is 6.59. The van der Waals surface area contributed by atoms with Gasteiger partial charge >= 0.3 is 0 Å². The Morgan fingerprint density at radius 2 is 2.05 bits per heavy atom. The molecule has 1 amide bonds. The molecule has 0 aliphatic heterocycles. The number of benzene rings is 1.